The minimum atomic E-state index is -0.502. The lowest BCUT2D eigenvalue weighted by Gasteiger charge is -2.14. The lowest BCUT2D eigenvalue weighted by molar-refractivity contribution is 0.188. The van der Waals surface area contributed by atoms with Crippen molar-refractivity contribution >= 4 is 0 Å². The summed E-state index contributed by atoms with van der Waals surface area (Å²) in [5.41, 5.74) is 0. The predicted octanol–water partition coefficient (Wildman–Crippen LogP) is 1.60. The number of nitrogens with zero attached hydrogens (tertiary/aromatic N) is 1. The van der Waals surface area contributed by atoms with E-state index in [4.69, 9.17) is 4.74 Å². The summed E-state index contributed by atoms with van der Waals surface area (Å²) in [6, 6.07) is 3.35. The lowest BCUT2D eigenvalue weighted by atomic mass is 10.0. The number of aromatic nitrogens is 1. The Morgan fingerprint density at radius 1 is 1.31 bits per heavy atom. The molecule has 3 rings (SSSR count). The van der Waals surface area contributed by atoms with Gasteiger partial charge in [-0.15, -0.1) is 0 Å². The molecule has 2 fully saturated rings. The highest BCUT2D eigenvalue weighted by molar-refractivity contribution is 5.18. The Hall–Kier alpha value is -1.16. The predicted molar refractivity (Wildman–Crippen MR) is 57.7 cm³/mol. The van der Waals surface area contributed by atoms with E-state index in [1.165, 1.54) is 6.20 Å². The summed E-state index contributed by atoms with van der Waals surface area (Å²) in [7, 11) is 0. The summed E-state index contributed by atoms with van der Waals surface area (Å²) in [5, 5.41) is 3.38. The number of halogens is 1. The summed E-state index contributed by atoms with van der Waals surface area (Å²) >= 11 is 0. The lowest BCUT2D eigenvalue weighted by Crippen LogP contribution is -2.19. The van der Waals surface area contributed by atoms with Crippen molar-refractivity contribution in [3.63, 3.8) is 0 Å². The van der Waals surface area contributed by atoms with Crippen molar-refractivity contribution in [3.05, 3.63) is 24.3 Å². The van der Waals surface area contributed by atoms with Crippen LogP contribution in [0.2, 0.25) is 0 Å². The van der Waals surface area contributed by atoms with E-state index in [9.17, 15) is 4.39 Å². The van der Waals surface area contributed by atoms with Crippen LogP contribution in [0.5, 0.6) is 5.75 Å². The molecule has 1 aromatic heterocycles. The highest BCUT2D eigenvalue weighted by Gasteiger charge is 2.38. The number of fused-ring (bicyclic) bond motifs is 1. The van der Waals surface area contributed by atoms with Gasteiger partial charge in [-0.2, -0.15) is 4.39 Å². The van der Waals surface area contributed by atoms with E-state index in [1.54, 1.807) is 12.1 Å². The van der Waals surface area contributed by atoms with Crippen LogP contribution in [-0.2, 0) is 0 Å². The van der Waals surface area contributed by atoms with Crippen molar-refractivity contribution in [2.45, 2.75) is 18.9 Å². The molecule has 2 aliphatic rings. The van der Waals surface area contributed by atoms with Crippen molar-refractivity contribution in [2.75, 3.05) is 13.1 Å². The van der Waals surface area contributed by atoms with Gasteiger partial charge >= 0.3 is 0 Å². The van der Waals surface area contributed by atoms with Crippen LogP contribution >= 0.6 is 0 Å². The quantitative estimate of drug-likeness (QED) is 0.772. The first-order valence-electron chi connectivity index (χ1n) is 5.81. The van der Waals surface area contributed by atoms with Crippen molar-refractivity contribution in [1.82, 2.24) is 10.3 Å². The monoisotopic (exact) mass is 222 g/mol. The van der Waals surface area contributed by atoms with Crippen LogP contribution in [0.25, 0.3) is 0 Å². The van der Waals surface area contributed by atoms with Crippen molar-refractivity contribution in [1.29, 1.82) is 0 Å². The molecule has 86 valence electrons. The molecule has 2 heterocycles. The topological polar surface area (TPSA) is 34.1 Å². The molecule has 3 atom stereocenters. The van der Waals surface area contributed by atoms with Gasteiger partial charge in [0.2, 0.25) is 0 Å². The van der Waals surface area contributed by atoms with Crippen LogP contribution in [-0.4, -0.2) is 24.2 Å². The first-order chi connectivity index (χ1) is 7.83. The molecule has 0 aromatic carbocycles. The zero-order valence-corrected chi connectivity index (χ0v) is 9.03. The van der Waals surface area contributed by atoms with Gasteiger partial charge in [0.15, 0.2) is 5.75 Å². The molecule has 1 aliphatic carbocycles. The molecule has 1 N–H and O–H groups in total. The van der Waals surface area contributed by atoms with Crippen molar-refractivity contribution < 1.29 is 9.13 Å². The Balaban J connectivity index is 1.66. The van der Waals surface area contributed by atoms with Crippen LogP contribution in [0.15, 0.2) is 18.3 Å². The summed E-state index contributed by atoms with van der Waals surface area (Å²) in [5.74, 6) is 1.22. The third-order valence-corrected chi connectivity index (χ3v) is 3.63. The second kappa shape index (κ2) is 4.01. The number of hydrogen-bond donors (Lipinski definition) is 1. The van der Waals surface area contributed by atoms with Gasteiger partial charge in [0.25, 0.3) is 5.95 Å². The van der Waals surface area contributed by atoms with Gasteiger partial charge < -0.3 is 10.1 Å². The number of hydrogen-bond acceptors (Lipinski definition) is 3. The third kappa shape index (κ3) is 1.78. The maximum Gasteiger partial charge on any atom is 0.255 e. The fourth-order valence-corrected chi connectivity index (χ4v) is 2.85. The van der Waals surface area contributed by atoms with Gasteiger partial charge in [0, 0.05) is 6.20 Å². The van der Waals surface area contributed by atoms with Crippen molar-refractivity contribution in [2.24, 2.45) is 11.8 Å². The van der Waals surface area contributed by atoms with Gasteiger partial charge in [-0.05, 0) is 49.9 Å². The second-order valence-electron chi connectivity index (χ2n) is 4.68. The molecule has 3 nitrogen and oxygen atoms in total. The Morgan fingerprint density at radius 3 is 2.75 bits per heavy atom. The van der Waals surface area contributed by atoms with Gasteiger partial charge in [-0.25, -0.2) is 4.98 Å². The number of rotatable bonds is 2. The molecule has 0 spiro atoms. The largest absolute Gasteiger partial charge is 0.486 e. The smallest absolute Gasteiger partial charge is 0.255 e. The van der Waals surface area contributed by atoms with E-state index in [0.29, 0.717) is 17.6 Å². The summed E-state index contributed by atoms with van der Waals surface area (Å²) < 4.78 is 19.0. The Bertz CT molecular complexity index is 373. The van der Waals surface area contributed by atoms with Gasteiger partial charge in [-0.3, -0.25) is 0 Å². The molecule has 0 bridgehead atoms. The zero-order chi connectivity index (χ0) is 11.0. The summed E-state index contributed by atoms with van der Waals surface area (Å²) in [6.07, 6.45) is 3.67. The second-order valence-corrected chi connectivity index (χ2v) is 4.68. The maximum atomic E-state index is 13.3. The minimum Gasteiger partial charge on any atom is -0.486 e. The summed E-state index contributed by atoms with van der Waals surface area (Å²) in [6.45, 7) is 2.17. The average Bonchev–Trinajstić information content (AvgIpc) is 2.81. The molecule has 1 saturated heterocycles. The highest BCUT2D eigenvalue weighted by Crippen LogP contribution is 2.36. The number of nitrogens with one attached hydrogen (secondary N) is 1. The van der Waals surface area contributed by atoms with Crippen LogP contribution in [0.1, 0.15) is 12.8 Å². The minimum absolute atomic E-state index is 0.163. The molecule has 1 saturated carbocycles. The Morgan fingerprint density at radius 2 is 2.06 bits per heavy atom. The molecule has 0 unspecified atom stereocenters. The van der Waals surface area contributed by atoms with Gasteiger partial charge in [0.05, 0.1) is 6.10 Å². The SMILES string of the molecule is Fc1ncccc1O[C@@H]1C[C@H]2CNC[C@H]2C1. The zero-order valence-electron chi connectivity index (χ0n) is 9.03. The van der Waals surface area contributed by atoms with E-state index in [1.807, 2.05) is 0 Å². The molecule has 16 heavy (non-hydrogen) atoms. The van der Waals surface area contributed by atoms with Crippen LogP contribution in [0.4, 0.5) is 4.39 Å². The molecule has 0 amide bonds. The van der Waals surface area contributed by atoms with Crippen molar-refractivity contribution in [3.8, 4) is 5.75 Å². The normalized spacial score (nSPS) is 32.7. The van der Waals surface area contributed by atoms with Crippen LogP contribution in [0, 0.1) is 17.8 Å². The Labute approximate surface area is 94.0 Å². The fourth-order valence-electron chi connectivity index (χ4n) is 2.85. The maximum absolute atomic E-state index is 13.3. The van der Waals surface area contributed by atoms with Gasteiger partial charge in [-0.1, -0.05) is 0 Å². The summed E-state index contributed by atoms with van der Waals surface area (Å²) in [4.78, 5) is 3.59. The van der Waals surface area contributed by atoms with Crippen LogP contribution < -0.4 is 10.1 Å². The Kier molecular flexibility index (Phi) is 2.52. The number of pyridine rings is 1. The first-order valence-corrected chi connectivity index (χ1v) is 5.81. The molecular formula is C12H15FN2O. The van der Waals surface area contributed by atoms with Crippen LogP contribution in [0.3, 0.4) is 0 Å². The molecular weight excluding hydrogens is 207 g/mol. The van der Waals surface area contributed by atoms with E-state index in [2.05, 4.69) is 10.3 Å². The average molecular weight is 222 g/mol. The molecule has 1 aromatic rings. The molecule has 4 heteroatoms. The van der Waals surface area contributed by atoms with E-state index in [0.717, 1.165) is 25.9 Å². The first kappa shape index (κ1) is 10.0. The highest BCUT2D eigenvalue weighted by atomic mass is 19.1. The molecule has 1 aliphatic heterocycles. The molecule has 0 radical (unpaired) electrons. The number of ether oxygens (including phenoxy) is 1. The third-order valence-electron chi connectivity index (χ3n) is 3.63. The standard InChI is InChI=1S/C12H15FN2O/c13-12-11(2-1-3-15-12)16-10-4-8-6-14-7-9(8)5-10/h1-3,8-10,14H,4-7H2/t8-,9+,10+. The fraction of sp³-hybridized carbons (Fsp3) is 0.583. The van der Waals surface area contributed by atoms with E-state index < -0.39 is 5.95 Å². The van der Waals surface area contributed by atoms with E-state index in [-0.39, 0.29) is 6.10 Å². The van der Waals surface area contributed by atoms with Gasteiger partial charge in [0.1, 0.15) is 0 Å². The van der Waals surface area contributed by atoms with E-state index >= 15 is 0 Å².